The summed E-state index contributed by atoms with van der Waals surface area (Å²) in [6.45, 7) is 0. The summed E-state index contributed by atoms with van der Waals surface area (Å²) in [6, 6.07) is 14.2. The smallest absolute Gasteiger partial charge is 0.347 e. The van der Waals surface area contributed by atoms with Crippen molar-refractivity contribution in [1.82, 2.24) is 0 Å². The molecule has 6 heteroatoms. The summed E-state index contributed by atoms with van der Waals surface area (Å²) in [5.74, 6) is -1.40. The maximum atomic E-state index is 12.6. The fraction of sp³-hybridized carbons (Fsp3) is 0. The van der Waals surface area contributed by atoms with Gasteiger partial charge in [-0.05, 0) is 50.5 Å². The molecular weight excluding hydrogens is 384 g/mol. The van der Waals surface area contributed by atoms with E-state index in [1.807, 2.05) is 24.3 Å². The van der Waals surface area contributed by atoms with Gasteiger partial charge in [-0.3, -0.25) is 0 Å². The highest BCUT2D eigenvalue weighted by atomic mass is 16.6. The number of esters is 2. The standard InChI is InChI=1S/C24H8O6/c25-21-13-6-4-11-10-3-1-2-9-8-15-20(24(28)30-23(15)27)19(16(9)10)12-5-7-14(22(26)29-21)18(13)17(11)12/h1-8H. The molecule has 0 aliphatic carbocycles. The third kappa shape index (κ3) is 1.58. The summed E-state index contributed by atoms with van der Waals surface area (Å²) >= 11 is 0. The Morgan fingerprint density at radius 2 is 1.23 bits per heavy atom. The molecule has 0 bridgehead atoms. The second-order valence-electron chi connectivity index (χ2n) is 7.50. The van der Waals surface area contributed by atoms with Gasteiger partial charge < -0.3 is 9.15 Å². The number of ether oxygens (including phenoxy) is 1. The van der Waals surface area contributed by atoms with E-state index in [0.29, 0.717) is 32.7 Å². The third-order valence-corrected chi connectivity index (χ3v) is 6.12. The molecule has 0 saturated heterocycles. The van der Waals surface area contributed by atoms with Crippen LogP contribution in [0, 0.1) is 0 Å². The molecule has 140 valence electrons. The van der Waals surface area contributed by atoms with Crippen LogP contribution in [0.2, 0.25) is 0 Å². The van der Waals surface area contributed by atoms with Gasteiger partial charge >= 0.3 is 23.2 Å². The van der Waals surface area contributed by atoms with Gasteiger partial charge in [-0.1, -0.05) is 30.3 Å². The Morgan fingerprint density at radius 1 is 0.533 bits per heavy atom. The number of furan rings is 1. The topological polar surface area (TPSA) is 90.7 Å². The van der Waals surface area contributed by atoms with Gasteiger partial charge in [-0.2, -0.15) is 0 Å². The van der Waals surface area contributed by atoms with Crippen LogP contribution in [0.4, 0.5) is 0 Å². The number of carbonyl (C=O) groups is 2. The molecule has 0 N–H and O–H groups in total. The Kier molecular flexibility index (Phi) is 2.50. The minimum absolute atomic E-state index is 0.219. The number of hydrogen-bond donors (Lipinski definition) is 0. The Labute approximate surface area is 165 Å². The molecule has 30 heavy (non-hydrogen) atoms. The van der Waals surface area contributed by atoms with Crippen LogP contribution < -0.4 is 11.3 Å². The fourth-order valence-corrected chi connectivity index (χ4v) is 4.98. The maximum Gasteiger partial charge on any atom is 0.347 e. The van der Waals surface area contributed by atoms with Gasteiger partial charge in [-0.15, -0.1) is 0 Å². The Balaban J connectivity index is 1.95. The molecule has 1 aromatic heterocycles. The van der Waals surface area contributed by atoms with Crippen LogP contribution in [0.25, 0.3) is 53.9 Å². The predicted molar refractivity (Wildman–Crippen MR) is 111 cm³/mol. The molecular formula is C24H8O6. The summed E-state index contributed by atoms with van der Waals surface area (Å²) in [5.41, 5.74) is -0.772. The van der Waals surface area contributed by atoms with Crippen LogP contribution in [-0.2, 0) is 4.74 Å². The molecule has 0 atom stereocenters. The second kappa shape index (κ2) is 4.80. The minimum Gasteiger partial charge on any atom is -0.386 e. The van der Waals surface area contributed by atoms with Crippen LogP contribution in [0.15, 0.2) is 62.5 Å². The number of benzene rings is 5. The van der Waals surface area contributed by atoms with Gasteiger partial charge in [0, 0.05) is 10.8 Å². The van der Waals surface area contributed by atoms with Gasteiger partial charge in [-0.25, -0.2) is 19.2 Å². The predicted octanol–water partition coefficient (Wildman–Crippen LogP) is 3.95. The van der Waals surface area contributed by atoms with E-state index in [1.54, 1.807) is 24.3 Å². The molecule has 0 amide bonds. The molecule has 0 unspecified atom stereocenters. The van der Waals surface area contributed by atoms with Gasteiger partial charge in [0.15, 0.2) is 0 Å². The number of fused-ring (bicyclic) bond motifs is 4. The average Bonchev–Trinajstić information content (AvgIpc) is 3.02. The van der Waals surface area contributed by atoms with Gasteiger partial charge in [0.2, 0.25) is 0 Å². The normalized spacial score (nSPS) is 14.0. The van der Waals surface area contributed by atoms with Crippen molar-refractivity contribution in [2.24, 2.45) is 0 Å². The van der Waals surface area contributed by atoms with Crippen molar-refractivity contribution in [2.75, 3.05) is 0 Å². The zero-order chi connectivity index (χ0) is 20.3. The van der Waals surface area contributed by atoms with E-state index in [4.69, 9.17) is 9.15 Å². The van der Waals surface area contributed by atoms with Gasteiger partial charge in [0.05, 0.1) is 21.9 Å². The van der Waals surface area contributed by atoms with Crippen molar-refractivity contribution in [3.8, 4) is 0 Å². The average molecular weight is 392 g/mol. The van der Waals surface area contributed by atoms with Gasteiger partial charge in [0.1, 0.15) is 0 Å². The molecule has 0 fully saturated rings. The van der Waals surface area contributed by atoms with Crippen molar-refractivity contribution in [1.29, 1.82) is 0 Å². The zero-order valence-corrected chi connectivity index (χ0v) is 15.1. The summed E-state index contributed by atoms with van der Waals surface area (Å²) in [7, 11) is 0. The van der Waals surface area contributed by atoms with E-state index in [1.165, 1.54) is 0 Å². The number of rotatable bonds is 0. The monoisotopic (exact) mass is 392 g/mol. The molecule has 1 aliphatic rings. The first kappa shape index (κ1) is 15.6. The van der Waals surface area contributed by atoms with E-state index < -0.39 is 23.2 Å². The lowest BCUT2D eigenvalue weighted by atomic mass is 9.85. The van der Waals surface area contributed by atoms with Crippen molar-refractivity contribution in [3.63, 3.8) is 0 Å². The summed E-state index contributed by atoms with van der Waals surface area (Å²) in [5, 5.41) is 6.26. The van der Waals surface area contributed by atoms with Crippen LogP contribution in [0.1, 0.15) is 20.7 Å². The second-order valence-corrected chi connectivity index (χ2v) is 7.50. The zero-order valence-electron chi connectivity index (χ0n) is 15.1. The molecule has 0 spiro atoms. The molecule has 1 aliphatic heterocycles. The summed E-state index contributed by atoms with van der Waals surface area (Å²) < 4.78 is 9.77. The molecule has 6 nitrogen and oxygen atoms in total. The Morgan fingerprint density at radius 3 is 2.00 bits per heavy atom. The Hall–Kier alpha value is -4.32. The fourth-order valence-electron chi connectivity index (χ4n) is 4.98. The number of cyclic esters (lactones) is 2. The van der Waals surface area contributed by atoms with Crippen LogP contribution >= 0.6 is 0 Å². The van der Waals surface area contributed by atoms with Crippen LogP contribution in [0.5, 0.6) is 0 Å². The van der Waals surface area contributed by atoms with Crippen molar-refractivity contribution >= 4 is 65.8 Å². The lowest BCUT2D eigenvalue weighted by molar-refractivity contribution is 0.0391. The lowest BCUT2D eigenvalue weighted by Crippen LogP contribution is -2.19. The highest BCUT2D eigenvalue weighted by molar-refractivity contribution is 6.40. The Bertz CT molecular complexity index is 1870. The summed E-state index contributed by atoms with van der Waals surface area (Å²) in [6.07, 6.45) is 0. The maximum absolute atomic E-state index is 12.6. The van der Waals surface area contributed by atoms with E-state index in [2.05, 4.69) is 0 Å². The van der Waals surface area contributed by atoms with E-state index in [9.17, 15) is 19.2 Å². The largest absolute Gasteiger partial charge is 0.386 e. The third-order valence-electron chi connectivity index (χ3n) is 6.12. The molecule has 6 aromatic rings. The van der Waals surface area contributed by atoms with E-state index in [-0.39, 0.29) is 10.8 Å². The van der Waals surface area contributed by atoms with Crippen LogP contribution in [-0.4, -0.2) is 11.9 Å². The number of carbonyl (C=O) groups excluding carboxylic acids is 2. The first-order valence-electron chi connectivity index (χ1n) is 9.28. The van der Waals surface area contributed by atoms with Crippen molar-refractivity contribution < 1.29 is 18.7 Å². The molecule has 2 heterocycles. The quantitative estimate of drug-likeness (QED) is 0.168. The number of hydrogen-bond acceptors (Lipinski definition) is 6. The van der Waals surface area contributed by atoms with E-state index in [0.717, 1.165) is 21.5 Å². The SMILES string of the molecule is O=C1OC(=O)c2ccc3c4c2c1ccc4c1cccc2cc4c(=O)oc(=O)c4c3c21. The van der Waals surface area contributed by atoms with E-state index >= 15 is 0 Å². The highest BCUT2D eigenvalue weighted by Crippen LogP contribution is 2.44. The molecule has 0 radical (unpaired) electrons. The first-order chi connectivity index (χ1) is 14.5. The summed E-state index contributed by atoms with van der Waals surface area (Å²) in [4.78, 5) is 49.6. The van der Waals surface area contributed by atoms with Crippen molar-refractivity contribution in [3.05, 3.63) is 80.5 Å². The van der Waals surface area contributed by atoms with Gasteiger partial charge in [0.25, 0.3) is 0 Å². The molecule has 7 rings (SSSR count). The minimum atomic E-state index is -0.701. The first-order valence-corrected chi connectivity index (χ1v) is 9.28. The molecule has 0 saturated carbocycles. The molecule has 5 aromatic carbocycles. The lowest BCUT2D eigenvalue weighted by Gasteiger charge is -2.20. The van der Waals surface area contributed by atoms with Crippen LogP contribution in [0.3, 0.4) is 0 Å². The van der Waals surface area contributed by atoms with Crippen molar-refractivity contribution in [2.45, 2.75) is 0 Å². The highest BCUT2D eigenvalue weighted by Gasteiger charge is 2.30.